The molecule has 2 aromatic carbocycles. The van der Waals surface area contributed by atoms with E-state index in [1.54, 1.807) is 31.4 Å². The standard InChI is InChI=1S/C25H33N3O4/c1-25(2,3)32-24(30)26-21-8-5-7-20(17-21)23(29)28-14-6-13-27(15-16-28)18-19-9-11-22(31-4)12-10-19/h5,7-12,17H,6,13-16,18H2,1-4H3,(H,26,30). The van der Waals surface area contributed by atoms with Crippen molar-refractivity contribution in [3.8, 4) is 5.75 Å². The van der Waals surface area contributed by atoms with Gasteiger partial charge in [0.05, 0.1) is 7.11 Å². The van der Waals surface area contributed by atoms with Crippen LogP contribution in [-0.4, -0.2) is 60.7 Å². The fourth-order valence-corrected chi connectivity index (χ4v) is 3.66. The maximum absolute atomic E-state index is 13.1. The summed E-state index contributed by atoms with van der Waals surface area (Å²) in [6, 6.07) is 15.1. The number of anilines is 1. The highest BCUT2D eigenvalue weighted by atomic mass is 16.6. The summed E-state index contributed by atoms with van der Waals surface area (Å²) in [4.78, 5) is 29.4. The maximum Gasteiger partial charge on any atom is 0.412 e. The predicted molar refractivity (Wildman–Crippen MR) is 125 cm³/mol. The van der Waals surface area contributed by atoms with Crippen molar-refractivity contribution in [2.75, 3.05) is 38.6 Å². The minimum Gasteiger partial charge on any atom is -0.497 e. The van der Waals surface area contributed by atoms with Crippen molar-refractivity contribution in [3.63, 3.8) is 0 Å². The van der Waals surface area contributed by atoms with Crippen molar-refractivity contribution in [2.45, 2.75) is 39.3 Å². The summed E-state index contributed by atoms with van der Waals surface area (Å²) in [6.07, 6.45) is 0.378. The lowest BCUT2D eigenvalue weighted by atomic mass is 10.1. The van der Waals surface area contributed by atoms with Crippen LogP contribution in [0.15, 0.2) is 48.5 Å². The average molecular weight is 440 g/mol. The summed E-state index contributed by atoms with van der Waals surface area (Å²) < 4.78 is 10.5. The first-order chi connectivity index (χ1) is 15.2. The van der Waals surface area contributed by atoms with E-state index in [2.05, 4.69) is 22.3 Å². The summed E-state index contributed by atoms with van der Waals surface area (Å²) in [7, 11) is 1.67. The van der Waals surface area contributed by atoms with E-state index in [9.17, 15) is 9.59 Å². The van der Waals surface area contributed by atoms with E-state index in [1.807, 2.05) is 37.8 Å². The van der Waals surface area contributed by atoms with E-state index in [1.165, 1.54) is 5.56 Å². The number of carbonyl (C=O) groups excluding carboxylic acids is 2. The van der Waals surface area contributed by atoms with Crippen molar-refractivity contribution in [2.24, 2.45) is 0 Å². The number of methoxy groups -OCH3 is 1. The molecule has 1 aliphatic rings. The van der Waals surface area contributed by atoms with Gasteiger partial charge in [-0.1, -0.05) is 18.2 Å². The molecule has 0 bridgehead atoms. The zero-order chi connectivity index (χ0) is 23.1. The molecular formula is C25H33N3O4. The van der Waals surface area contributed by atoms with Gasteiger partial charge in [0.2, 0.25) is 0 Å². The average Bonchev–Trinajstić information content (AvgIpc) is 2.98. The van der Waals surface area contributed by atoms with Crippen LogP contribution in [0, 0.1) is 0 Å². The predicted octanol–water partition coefficient (Wildman–Crippen LogP) is 4.39. The monoisotopic (exact) mass is 439 g/mol. The number of hydrogen-bond acceptors (Lipinski definition) is 5. The number of hydrogen-bond donors (Lipinski definition) is 1. The lowest BCUT2D eigenvalue weighted by molar-refractivity contribution is 0.0634. The third-order valence-corrected chi connectivity index (χ3v) is 5.20. The Morgan fingerprint density at radius 3 is 2.44 bits per heavy atom. The Morgan fingerprint density at radius 2 is 1.75 bits per heavy atom. The zero-order valence-corrected chi connectivity index (χ0v) is 19.4. The third kappa shape index (κ3) is 6.99. The highest BCUT2D eigenvalue weighted by Crippen LogP contribution is 2.18. The molecule has 0 radical (unpaired) electrons. The molecule has 7 nitrogen and oxygen atoms in total. The van der Waals surface area contributed by atoms with Crippen LogP contribution in [0.4, 0.5) is 10.5 Å². The molecule has 1 aliphatic heterocycles. The fraction of sp³-hybridized carbons (Fsp3) is 0.440. The molecule has 2 aromatic rings. The summed E-state index contributed by atoms with van der Waals surface area (Å²) in [5.41, 5.74) is 1.75. The molecule has 0 saturated carbocycles. The summed E-state index contributed by atoms with van der Waals surface area (Å²) in [5, 5.41) is 2.70. The molecule has 172 valence electrons. The third-order valence-electron chi connectivity index (χ3n) is 5.20. The summed E-state index contributed by atoms with van der Waals surface area (Å²) in [6.45, 7) is 9.41. The molecule has 0 aromatic heterocycles. The van der Waals surface area contributed by atoms with Crippen molar-refractivity contribution in [1.82, 2.24) is 9.80 Å². The van der Waals surface area contributed by atoms with Gasteiger partial charge in [-0.25, -0.2) is 4.79 Å². The lowest BCUT2D eigenvalue weighted by Gasteiger charge is -2.22. The summed E-state index contributed by atoms with van der Waals surface area (Å²) in [5.74, 6) is 0.828. The van der Waals surface area contributed by atoms with Crippen LogP contribution in [0.3, 0.4) is 0 Å². The quantitative estimate of drug-likeness (QED) is 0.748. The van der Waals surface area contributed by atoms with Gasteiger partial charge in [-0.05, 0) is 63.1 Å². The number of amides is 2. The molecule has 32 heavy (non-hydrogen) atoms. The second-order valence-electron chi connectivity index (χ2n) is 8.98. The van der Waals surface area contributed by atoms with Crippen LogP contribution in [0.2, 0.25) is 0 Å². The van der Waals surface area contributed by atoms with Gasteiger partial charge in [0.15, 0.2) is 0 Å². The van der Waals surface area contributed by atoms with E-state index in [4.69, 9.17) is 9.47 Å². The fourth-order valence-electron chi connectivity index (χ4n) is 3.66. The van der Waals surface area contributed by atoms with Gasteiger partial charge >= 0.3 is 6.09 Å². The lowest BCUT2D eigenvalue weighted by Crippen LogP contribution is -2.35. The molecule has 1 N–H and O–H groups in total. The molecule has 0 unspecified atom stereocenters. The van der Waals surface area contributed by atoms with Gasteiger partial charge in [0.1, 0.15) is 11.4 Å². The molecule has 0 spiro atoms. The Hall–Kier alpha value is -3.06. The Kier molecular flexibility index (Phi) is 7.75. The van der Waals surface area contributed by atoms with Crippen LogP contribution in [0.1, 0.15) is 43.1 Å². The van der Waals surface area contributed by atoms with Crippen molar-refractivity contribution >= 4 is 17.7 Å². The molecule has 1 saturated heterocycles. The van der Waals surface area contributed by atoms with Crippen LogP contribution >= 0.6 is 0 Å². The van der Waals surface area contributed by atoms with Crippen LogP contribution in [0.25, 0.3) is 0 Å². The Labute approximate surface area is 190 Å². The van der Waals surface area contributed by atoms with Gasteiger partial charge in [0.25, 0.3) is 5.91 Å². The molecule has 7 heteroatoms. The van der Waals surface area contributed by atoms with E-state index in [0.29, 0.717) is 24.3 Å². The second-order valence-corrected chi connectivity index (χ2v) is 8.98. The normalized spacial score (nSPS) is 15.1. The highest BCUT2D eigenvalue weighted by molar-refractivity contribution is 5.96. The minimum atomic E-state index is -0.582. The smallest absolute Gasteiger partial charge is 0.412 e. The Balaban J connectivity index is 1.57. The first kappa shape index (κ1) is 23.6. The maximum atomic E-state index is 13.1. The van der Waals surface area contributed by atoms with Crippen molar-refractivity contribution in [1.29, 1.82) is 0 Å². The van der Waals surface area contributed by atoms with Crippen LogP contribution < -0.4 is 10.1 Å². The highest BCUT2D eigenvalue weighted by Gasteiger charge is 2.21. The molecule has 1 fully saturated rings. The number of nitrogens with zero attached hydrogens (tertiary/aromatic N) is 2. The van der Waals surface area contributed by atoms with E-state index >= 15 is 0 Å². The molecular weight excluding hydrogens is 406 g/mol. The largest absolute Gasteiger partial charge is 0.497 e. The Morgan fingerprint density at radius 1 is 1.00 bits per heavy atom. The van der Waals surface area contributed by atoms with E-state index < -0.39 is 11.7 Å². The van der Waals surface area contributed by atoms with Crippen LogP contribution in [0.5, 0.6) is 5.75 Å². The van der Waals surface area contributed by atoms with Gasteiger partial charge in [-0.3, -0.25) is 15.0 Å². The topological polar surface area (TPSA) is 71.1 Å². The molecule has 0 atom stereocenters. The second kappa shape index (κ2) is 10.5. The molecule has 2 amide bonds. The first-order valence-corrected chi connectivity index (χ1v) is 11.0. The minimum absolute atomic E-state index is 0.0239. The molecule has 0 aliphatic carbocycles. The zero-order valence-electron chi connectivity index (χ0n) is 19.4. The molecule has 3 rings (SSSR count). The number of nitrogens with one attached hydrogen (secondary N) is 1. The van der Waals surface area contributed by atoms with E-state index in [-0.39, 0.29) is 5.91 Å². The van der Waals surface area contributed by atoms with Crippen molar-refractivity contribution < 1.29 is 19.1 Å². The number of benzene rings is 2. The van der Waals surface area contributed by atoms with Gasteiger partial charge in [0, 0.05) is 44.0 Å². The first-order valence-electron chi connectivity index (χ1n) is 11.0. The van der Waals surface area contributed by atoms with Gasteiger partial charge in [-0.2, -0.15) is 0 Å². The number of ether oxygens (including phenoxy) is 2. The van der Waals surface area contributed by atoms with Crippen LogP contribution in [-0.2, 0) is 11.3 Å². The van der Waals surface area contributed by atoms with Crippen molar-refractivity contribution in [3.05, 3.63) is 59.7 Å². The van der Waals surface area contributed by atoms with E-state index in [0.717, 1.165) is 31.8 Å². The number of carbonyl (C=O) groups is 2. The Bertz CT molecular complexity index is 922. The SMILES string of the molecule is COc1ccc(CN2CCCN(C(=O)c3cccc(NC(=O)OC(C)(C)C)c3)CC2)cc1. The van der Waals surface area contributed by atoms with Gasteiger partial charge < -0.3 is 14.4 Å². The summed E-state index contributed by atoms with van der Waals surface area (Å²) >= 11 is 0. The number of rotatable bonds is 5. The van der Waals surface area contributed by atoms with Gasteiger partial charge in [-0.15, -0.1) is 0 Å². The molecule has 1 heterocycles.